The van der Waals surface area contributed by atoms with E-state index in [1.807, 2.05) is 85.2 Å². The number of furan rings is 1. The van der Waals surface area contributed by atoms with Gasteiger partial charge in [-0.15, -0.1) is 54.1 Å². The van der Waals surface area contributed by atoms with E-state index < -0.39 is 8.07 Å². The van der Waals surface area contributed by atoms with E-state index in [9.17, 15) is 0 Å². The largest absolute Gasteiger partial charge is 0.500 e. The molecule has 6 aromatic carbocycles. The number of imidazole rings is 1. The van der Waals surface area contributed by atoms with Gasteiger partial charge in [-0.2, -0.15) is 0 Å². The van der Waals surface area contributed by atoms with Gasteiger partial charge in [-0.25, -0.2) is 4.98 Å². The van der Waals surface area contributed by atoms with Crippen molar-refractivity contribution in [3.63, 3.8) is 0 Å². The Morgan fingerprint density at radius 3 is 2.09 bits per heavy atom. The monoisotopic (exact) mass is 905 g/mol. The van der Waals surface area contributed by atoms with Crippen molar-refractivity contribution in [2.24, 2.45) is 0 Å². The summed E-state index contributed by atoms with van der Waals surface area (Å²) in [5.74, 6) is 0.748. The molecule has 0 N–H and O–H groups in total. The van der Waals surface area contributed by atoms with Crippen LogP contribution in [0.5, 0.6) is 0 Å². The van der Waals surface area contributed by atoms with Crippen molar-refractivity contribution in [3.8, 4) is 39.5 Å². The molecule has 10 rings (SSSR count). The molecule has 7 heteroatoms. The molecule has 0 amide bonds. The molecule has 0 fully saturated rings. The molecule has 5 nitrogen and oxygen atoms in total. The van der Waals surface area contributed by atoms with Crippen molar-refractivity contribution in [3.05, 3.63) is 176 Å². The third-order valence-electron chi connectivity index (χ3n) is 9.78. The molecule has 269 valence electrons. The van der Waals surface area contributed by atoms with E-state index in [0.29, 0.717) is 0 Å². The maximum absolute atomic E-state index is 6.63. The van der Waals surface area contributed by atoms with Gasteiger partial charge in [0.25, 0.3) is 0 Å². The quantitative estimate of drug-likeness (QED) is 0.128. The third kappa shape index (κ3) is 6.94. The van der Waals surface area contributed by atoms with Crippen LogP contribution in [0.4, 0.5) is 0 Å². The van der Waals surface area contributed by atoms with E-state index >= 15 is 0 Å². The molecule has 10 aromatic rings. The standard InChI is InChI=1S/C34H20N3O.C14H16NSi.Ir/c1-3-10-22(11-4-1)24-20-30-34(35-21-24)37(25-13-5-2-6-14-25)33(36-30)29-17-9-16-27-28-19-18-23-12-7-8-15-26(23)31(28)38-32(27)29;1-16(2,3)13-9-10-14(15-11-13)12-7-5-4-6-8-12;/h1-16,18-21H;4-7,9-11H,1-3H3;/q2*-1;. The van der Waals surface area contributed by atoms with E-state index in [0.717, 1.165) is 83.3 Å². The van der Waals surface area contributed by atoms with Crippen LogP contribution in [-0.2, 0) is 20.1 Å². The first-order chi connectivity index (χ1) is 26.4. The summed E-state index contributed by atoms with van der Waals surface area (Å²) in [6.45, 7) is 7.00. The Morgan fingerprint density at radius 2 is 1.35 bits per heavy atom. The second-order valence-electron chi connectivity index (χ2n) is 14.4. The Balaban J connectivity index is 0.000000212. The maximum atomic E-state index is 6.63. The first-order valence-electron chi connectivity index (χ1n) is 18.1. The van der Waals surface area contributed by atoms with Gasteiger partial charge in [0.1, 0.15) is 5.58 Å². The molecule has 0 bridgehead atoms. The molecule has 0 unspecified atom stereocenters. The Kier molecular flexibility index (Phi) is 9.85. The molecular weight excluding hydrogens is 869 g/mol. The Bertz CT molecular complexity index is 2900. The van der Waals surface area contributed by atoms with E-state index in [2.05, 4.69) is 120 Å². The predicted molar refractivity (Wildman–Crippen MR) is 225 cm³/mol. The molecule has 0 aliphatic heterocycles. The zero-order valence-electron chi connectivity index (χ0n) is 30.6. The molecule has 0 aliphatic carbocycles. The van der Waals surface area contributed by atoms with Crippen molar-refractivity contribution in [1.29, 1.82) is 0 Å². The summed E-state index contributed by atoms with van der Waals surface area (Å²) in [5.41, 5.74) is 9.25. The van der Waals surface area contributed by atoms with Gasteiger partial charge < -0.3 is 14.0 Å². The van der Waals surface area contributed by atoms with Gasteiger partial charge in [0.15, 0.2) is 5.65 Å². The minimum Gasteiger partial charge on any atom is -0.500 e. The van der Waals surface area contributed by atoms with Gasteiger partial charge in [-0.3, -0.25) is 4.98 Å². The number of pyridine rings is 2. The van der Waals surface area contributed by atoms with Crippen LogP contribution in [0.25, 0.3) is 83.3 Å². The number of para-hydroxylation sites is 1. The second kappa shape index (κ2) is 15.0. The number of benzene rings is 6. The van der Waals surface area contributed by atoms with Gasteiger partial charge in [0.05, 0.1) is 25.0 Å². The fourth-order valence-electron chi connectivity index (χ4n) is 6.93. The van der Waals surface area contributed by atoms with Crippen LogP contribution in [0.1, 0.15) is 0 Å². The van der Waals surface area contributed by atoms with Gasteiger partial charge >= 0.3 is 0 Å². The molecule has 4 heterocycles. The maximum Gasteiger partial charge on any atom is 0.155 e. The molecule has 0 spiro atoms. The van der Waals surface area contributed by atoms with E-state index in [1.165, 1.54) is 5.19 Å². The van der Waals surface area contributed by atoms with E-state index in [1.54, 1.807) is 0 Å². The van der Waals surface area contributed by atoms with Crippen molar-refractivity contribution < 1.29 is 24.5 Å². The van der Waals surface area contributed by atoms with Crippen LogP contribution in [0.15, 0.2) is 168 Å². The van der Waals surface area contributed by atoms with Crippen molar-refractivity contribution in [1.82, 2.24) is 19.5 Å². The average molecular weight is 905 g/mol. The normalized spacial score (nSPS) is 11.4. The fourth-order valence-corrected chi connectivity index (χ4v) is 7.96. The van der Waals surface area contributed by atoms with Gasteiger partial charge in [-0.05, 0) is 40.0 Å². The van der Waals surface area contributed by atoms with Crippen LogP contribution < -0.4 is 5.19 Å². The molecule has 0 saturated heterocycles. The number of nitrogens with zero attached hydrogens (tertiary/aromatic N) is 4. The Morgan fingerprint density at radius 1 is 0.600 bits per heavy atom. The van der Waals surface area contributed by atoms with E-state index in [-0.39, 0.29) is 20.1 Å². The molecule has 1 radical (unpaired) electrons. The summed E-state index contributed by atoms with van der Waals surface area (Å²) >= 11 is 0. The van der Waals surface area contributed by atoms with Gasteiger partial charge in [0, 0.05) is 54.5 Å². The van der Waals surface area contributed by atoms with Gasteiger partial charge in [0.2, 0.25) is 0 Å². The molecule has 0 aliphatic rings. The minimum atomic E-state index is -1.23. The van der Waals surface area contributed by atoms with Crippen LogP contribution in [0.3, 0.4) is 0 Å². The molecule has 0 saturated carbocycles. The molecule has 0 atom stereocenters. The second-order valence-corrected chi connectivity index (χ2v) is 19.4. The van der Waals surface area contributed by atoms with Crippen molar-refractivity contribution in [2.45, 2.75) is 19.6 Å². The summed E-state index contributed by atoms with van der Waals surface area (Å²) in [6.07, 6.45) is 3.93. The van der Waals surface area contributed by atoms with Crippen LogP contribution in [0.2, 0.25) is 19.6 Å². The summed E-state index contributed by atoms with van der Waals surface area (Å²) in [5, 5.41) is 5.77. The van der Waals surface area contributed by atoms with E-state index in [4.69, 9.17) is 14.4 Å². The summed E-state index contributed by atoms with van der Waals surface area (Å²) < 4.78 is 8.72. The number of hydrogen-bond donors (Lipinski definition) is 0. The number of aromatic nitrogens is 4. The summed E-state index contributed by atoms with van der Waals surface area (Å²) in [4.78, 5) is 14.6. The first-order valence-corrected chi connectivity index (χ1v) is 21.6. The SMILES string of the molecule is C[Si](C)(C)c1ccc(-c2[c-]cccc2)nc1.[Ir].[c-]1ccc2c(oc3c4ccccc4ccc23)c1-c1nc2cc(-c3ccccc3)cnc2n1-c1ccccc1. The fraction of sp³-hybridized carbons (Fsp3) is 0.0625. The topological polar surface area (TPSA) is 56.7 Å². The molecule has 55 heavy (non-hydrogen) atoms. The van der Waals surface area contributed by atoms with Gasteiger partial charge in [-0.1, -0.05) is 128 Å². The first kappa shape index (κ1) is 36.0. The predicted octanol–water partition coefficient (Wildman–Crippen LogP) is 11.7. The average Bonchev–Trinajstić information content (AvgIpc) is 3.81. The molecular formula is C48H36IrN4OSi-2. The van der Waals surface area contributed by atoms with Crippen LogP contribution in [-0.4, -0.2) is 27.6 Å². The Labute approximate surface area is 334 Å². The zero-order valence-corrected chi connectivity index (χ0v) is 34.0. The van der Waals surface area contributed by atoms with Crippen LogP contribution in [0, 0.1) is 12.1 Å². The van der Waals surface area contributed by atoms with Crippen LogP contribution >= 0.6 is 0 Å². The van der Waals surface area contributed by atoms with Crippen molar-refractivity contribution >= 4 is 57.1 Å². The summed E-state index contributed by atoms with van der Waals surface area (Å²) in [6, 6.07) is 58.1. The number of fused-ring (bicyclic) bond motifs is 6. The smallest absolute Gasteiger partial charge is 0.155 e. The minimum absolute atomic E-state index is 0. The zero-order chi connectivity index (χ0) is 36.6. The number of rotatable bonds is 5. The Hall–Kier alpha value is -5.98. The number of hydrogen-bond acceptors (Lipinski definition) is 4. The molecule has 4 aromatic heterocycles. The third-order valence-corrected chi connectivity index (χ3v) is 11.8. The summed E-state index contributed by atoms with van der Waals surface area (Å²) in [7, 11) is -1.23. The van der Waals surface area contributed by atoms with Crippen molar-refractivity contribution in [2.75, 3.05) is 0 Å².